The zero-order valence-electron chi connectivity index (χ0n) is 13.4. The van der Waals surface area contributed by atoms with Crippen molar-refractivity contribution in [2.75, 3.05) is 26.2 Å². The zero-order valence-corrected chi connectivity index (χ0v) is 14.3. The van der Waals surface area contributed by atoms with E-state index in [1.165, 1.54) is 11.1 Å². The lowest BCUT2D eigenvalue weighted by Gasteiger charge is -2.34. The highest BCUT2D eigenvalue weighted by Gasteiger charge is 2.19. The predicted octanol–water partition coefficient (Wildman–Crippen LogP) is 3.41. The van der Waals surface area contributed by atoms with Gasteiger partial charge in [-0.25, -0.2) is 0 Å². The molecule has 1 aliphatic rings. The Morgan fingerprint density at radius 1 is 1.13 bits per heavy atom. The molecule has 120 valence electrons. The first kappa shape index (κ1) is 16.0. The van der Waals surface area contributed by atoms with E-state index >= 15 is 0 Å². The molecule has 0 unspecified atom stereocenters. The summed E-state index contributed by atoms with van der Waals surface area (Å²) in [7, 11) is 0. The number of piperazine rings is 1. The van der Waals surface area contributed by atoms with Gasteiger partial charge in [-0.05, 0) is 41.0 Å². The standard InChI is InChI=1S/C19H22N2OS/c1-16-2-4-17(5-3-16)6-7-19(22)21-11-9-20(10-12-21)14-18-8-13-23-15-18/h2-8,13,15H,9-12,14H2,1H3/b7-6+. The molecule has 3 rings (SSSR count). The molecule has 1 saturated heterocycles. The summed E-state index contributed by atoms with van der Waals surface area (Å²) >= 11 is 1.74. The lowest BCUT2D eigenvalue weighted by Crippen LogP contribution is -2.47. The van der Waals surface area contributed by atoms with Crippen molar-refractivity contribution < 1.29 is 4.79 Å². The third kappa shape index (κ3) is 4.53. The second kappa shape index (κ2) is 7.57. The van der Waals surface area contributed by atoms with Crippen LogP contribution in [0, 0.1) is 6.92 Å². The first-order valence-corrected chi connectivity index (χ1v) is 8.92. The van der Waals surface area contributed by atoms with Gasteiger partial charge in [0.05, 0.1) is 0 Å². The van der Waals surface area contributed by atoms with Crippen molar-refractivity contribution in [1.29, 1.82) is 0 Å². The van der Waals surface area contributed by atoms with Gasteiger partial charge < -0.3 is 4.90 Å². The normalized spacial score (nSPS) is 16.1. The van der Waals surface area contributed by atoms with E-state index in [1.54, 1.807) is 17.4 Å². The fraction of sp³-hybridized carbons (Fsp3) is 0.316. The molecule has 0 radical (unpaired) electrons. The molecule has 0 bridgehead atoms. The summed E-state index contributed by atoms with van der Waals surface area (Å²) in [4.78, 5) is 16.6. The molecule has 1 fully saturated rings. The Morgan fingerprint density at radius 2 is 1.87 bits per heavy atom. The van der Waals surface area contributed by atoms with E-state index in [0.717, 1.165) is 38.3 Å². The third-order valence-corrected chi connectivity index (χ3v) is 4.90. The number of hydrogen-bond acceptors (Lipinski definition) is 3. The highest BCUT2D eigenvalue weighted by molar-refractivity contribution is 7.07. The lowest BCUT2D eigenvalue weighted by molar-refractivity contribution is -0.127. The molecule has 1 amide bonds. The number of hydrogen-bond donors (Lipinski definition) is 0. The molecule has 1 aromatic heterocycles. The van der Waals surface area contributed by atoms with Gasteiger partial charge in [0.2, 0.25) is 5.91 Å². The first-order valence-electron chi connectivity index (χ1n) is 7.98. The van der Waals surface area contributed by atoms with Crippen LogP contribution in [-0.2, 0) is 11.3 Å². The van der Waals surface area contributed by atoms with Gasteiger partial charge >= 0.3 is 0 Å². The molecule has 4 heteroatoms. The van der Waals surface area contributed by atoms with Gasteiger partial charge in [-0.15, -0.1) is 0 Å². The average Bonchev–Trinajstić information content (AvgIpc) is 3.08. The monoisotopic (exact) mass is 326 g/mol. The van der Waals surface area contributed by atoms with Crippen molar-refractivity contribution in [3.63, 3.8) is 0 Å². The number of nitrogens with zero attached hydrogens (tertiary/aromatic N) is 2. The third-order valence-electron chi connectivity index (χ3n) is 4.17. The molecule has 3 nitrogen and oxygen atoms in total. The second-order valence-electron chi connectivity index (χ2n) is 5.98. The molecule has 0 N–H and O–H groups in total. The Balaban J connectivity index is 1.49. The molecular weight excluding hydrogens is 304 g/mol. The highest BCUT2D eigenvalue weighted by atomic mass is 32.1. The summed E-state index contributed by atoms with van der Waals surface area (Å²) in [5, 5.41) is 4.31. The summed E-state index contributed by atoms with van der Waals surface area (Å²) in [6.07, 6.45) is 3.60. The molecule has 2 heterocycles. The maximum Gasteiger partial charge on any atom is 0.246 e. The Kier molecular flexibility index (Phi) is 5.26. The van der Waals surface area contributed by atoms with Gasteiger partial charge in [0.15, 0.2) is 0 Å². The van der Waals surface area contributed by atoms with E-state index < -0.39 is 0 Å². The van der Waals surface area contributed by atoms with E-state index in [-0.39, 0.29) is 5.91 Å². The van der Waals surface area contributed by atoms with Crippen LogP contribution in [0.1, 0.15) is 16.7 Å². The second-order valence-corrected chi connectivity index (χ2v) is 6.76. The number of rotatable bonds is 4. The molecule has 0 saturated carbocycles. The van der Waals surface area contributed by atoms with Crippen LogP contribution >= 0.6 is 11.3 Å². The van der Waals surface area contributed by atoms with Crippen LogP contribution in [0.2, 0.25) is 0 Å². The topological polar surface area (TPSA) is 23.6 Å². The quantitative estimate of drug-likeness (QED) is 0.804. The van der Waals surface area contributed by atoms with Crippen molar-refractivity contribution in [2.24, 2.45) is 0 Å². The summed E-state index contributed by atoms with van der Waals surface area (Å²) in [6.45, 7) is 6.56. The number of carbonyl (C=O) groups is 1. The number of amides is 1. The number of carbonyl (C=O) groups excluding carboxylic acids is 1. The van der Waals surface area contributed by atoms with Gasteiger partial charge in [0, 0.05) is 38.8 Å². The van der Waals surface area contributed by atoms with E-state index in [1.807, 2.05) is 23.1 Å². The SMILES string of the molecule is Cc1ccc(/C=C/C(=O)N2CCN(Cc3ccsc3)CC2)cc1. The van der Waals surface area contributed by atoms with E-state index in [0.29, 0.717) is 0 Å². The fourth-order valence-corrected chi connectivity index (χ4v) is 3.38. The largest absolute Gasteiger partial charge is 0.337 e. The minimum atomic E-state index is 0.112. The van der Waals surface area contributed by atoms with Crippen molar-refractivity contribution in [3.05, 3.63) is 63.9 Å². The van der Waals surface area contributed by atoms with Crippen LogP contribution in [0.15, 0.2) is 47.2 Å². The van der Waals surface area contributed by atoms with E-state index in [9.17, 15) is 4.79 Å². The summed E-state index contributed by atoms with van der Waals surface area (Å²) in [5.74, 6) is 0.112. The van der Waals surface area contributed by atoms with Crippen LogP contribution in [0.5, 0.6) is 0 Å². The number of benzene rings is 1. The first-order chi connectivity index (χ1) is 11.2. The maximum absolute atomic E-state index is 12.3. The number of thiophene rings is 1. The van der Waals surface area contributed by atoms with Crippen molar-refractivity contribution >= 4 is 23.3 Å². The van der Waals surface area contributed by atoms with E-state index in [2.05, 4.69) is 40.8 Å². The highest BCUT2D eigenvalue weighted by Crippen LogP contribution is 2.12. The van der Waals surface area contributed by atoms with Gasteiger partial charge in [0.1, 0.15) is 0 Å². The Labute approximate surface area is 141 Å². The average molecular weight is 326 g/mol. The molecule has 0 spiro atoms. The van der Waals surface area contributed by atoms with Gasteiger partial charge in [-0.2, -0.15) is 11.3 Å². The smallest absolute Gasteiger partial charge is 0.246 e. The van der Waals surface area contributed by atoms with Crippen molar-refractivity contribution in [1.82, 2.24) is 9.80 Å². The van der Waals surface area contributed by atoms with Crippen molar-refractivity contribution in [2.45, 2.75) is 13.5 Å². The van der Waals surface area contributed by atoms with Crippen LogP contribution in [0.4, 0.5) is 0 Å². The molecular formula is C19H22N2OS. The molecule has 0 aliphatic carbocycles. The van der Waals surface area contributed by atoms with Crippen molar-refractivity contribution in [3.8, 4) is 0 Å². The maximum atomic E-state index is 12.3. The van der Waals surface area contributed by atoms with Gasteiger partial charge in [0.25, 0.3) is 0 Å². The molecule has 1 aliphatic heterocycles. The molecule has 0 atom stereocenters. The minimum absolute atomic E-state index is 0.112. The fourth-order valence-electron chi connectivity index (χ4n) is 2.72. The zero-order chi connectivity index (χ0) is 16.1. The van der Waals surface area contributed by atoms with E-state index in [4.69, 9.17) is 0 Å². The van der Waals surface area contributed by atoms with Gasteiger partial charge in [-0.3, -0.25) is 9.69 Å². The summed E-state index contributed by atoms with van der Waals surface area (Å²) < 4.78 is 0. The molecule has 1 aromatic carbocycles. The lowest BCUT2D eigenvalue weighted by atomic mass is 10.1. The van der Waals surface area contributed by atoms with Gasteiger partial charge in [-0.1, -0.05) is 29.8 Å². The Bertz CT molecular complexity index is 653. The number of aryl methyl sites for hydroxylation is 1. The molecule has 23 heavy (non-hydrogen) atoms. The summed E-state index contributed by atoms with van der Waals surface area (Å²) in [5.41, 5.74) is 3.67. The van der Waals surface area contributed by atoms with Crippen LogP contribution < -0.4 is 0 Å². The Hall–Kier alpha value is -1.91. The van der Waals surface area contributed by atoms with Crippen LogP contribution in [0.25, 0.3) is 6.08 Å². The summed E-state index contributed by atoms with van der Waals surface area (Å²) in [6, 6.07) is 10.4. The predicted molar refractivity (Wildman–Crippen MR) is 96.4 cm³/mol. The van der Waals surface area contributed by atoms with Crippen LogP contribution in [-0.4, -0.2) is 41.9 Å². The minimum Gasteiger partial charge on any atom is -0.337 e. The molecule has 2 aromatic rings. The Morgan fingerprint density at radius 3 is 2.52 bits per heavy atom. The van der Waals surface area contributed by atoms with Crippen LogP contribution in [0.3, 0.4) is 0 Å².